The number of hydrogen-bond donors (Lipinski definition) is 1. The number of ether oxygens (including phenoxy) is 1. The number of nitrogens with one attached hydrogen (secondary N) is 1. The Hall–Kier alpha value is -2.63. The molecule has 1 aromatic carbocycles. The summed E-state index contributed by atoms with van der Waals surface area (Å²) >= 11 is 0. The lowest BCUT2D eigenvalue weighted by atomic mass is 10.1. The summed E-state index contributed by atoms with van der Waals surface area (Å²) in [6.45, 7) is 0.693. The standard InChI is InChI=1S/C18H20N4O2/c1-24-16-6-7-19-18(21-16)20-14-10-17(23)22(11-14)15-8-12-4-2-3-5-13(12)9-15/h2-7,14-15H,8-11H2,1H3,(H,19,20,21). The Kier molecular flexibility index (Phi) is 3.80. The average molecular weight is 324 g/mol. The second-order valence-corrected chi connectivity index (χ2v) is 6.34. The van der Waals surface area contributed by atoms with Crippen LogP contribution in [-0.4, -0.2) is 46.5 Å². The summed E-state index contributed by atoms with van der Waals surface area (Å²) in [5, 5.41) is 3.26. The van der Waals surface area contributed by atoms with Crippen molar-refractivity contribution in [3.63, 3.8) is 0 Å². The molecule has 2 heterocycles. The number of carbonyl (C=O) groups is 1. The first kappa shape index (κ1) is 14.9. The lowest BCUT2D eigenvalue weighted by molar-refractivity contribution is -0.129. The maximum Gasteiger partial charge on any atom is 0.226 e. The van der Waals surface area contributed by atoms with Crippen molar-refractivity contribution in [1.29, 1.82) is 0 Å². The lowest BCUT2D eigenvalue weighted by Crippen LogP contribution is -2.38. The molecule has 124 valence electrons. The van der Waals surface area contributed by atoms with Gasteiger partial charge in [-0.15, -0.1) is 0 Å². The molecule has 1 aliphatic heterocycles. The van der Waals surface area contributed by atoms with Crippen LogP contribution in [0.3, 0.4) is 0 Å². The number of anilines is 1. The van der Waals surface area contributed by atoms with Gasteiger partial charge in [0.1, 0.15) is 0 Å². The second kappa shape index (κ2) is 6.11. The van der Waals surface area contributed by atoms with Gasteiger partial charge in [0.25, 0.3) is 0 Å². The molecule has 6 nitrogen and oxygen atoms in total. The first-order valence-corrected chi connectivity index (χ1v) is 8.23. The Labute approximate surface area is 140 Å². The zero-order chi connectivity index (χ0) is 16.5. The summed E-state index contributed by atoms with van der Waals surface area (Å²) < 4.78 is 5.11. The maximum absolute atomic E-state index is 12.5. The maximum atomic E-state index is 12.5. The monoisotopic (exact) mass is 324 g/mol. The predicted molar refractivity (Wildman–Crippen MR) is 90.0 cm³/mol. The SMILES string of the molecule is COc1ccnc(NC2CC(=O)N(C3Cc4ccccc4C3)C2)n1. The number of hydrogen-bond acceptors (Lipinski definition) is 5. The fourth-order valence-corrected chi connectivity index (χ4v) is 3.65. The van der Waals surface area contributed by atoms with E-state index in [-0.39, 0.29) is 18.0 Å². The Morgan fingerprint density at radius 2 is 1.92 bits per heavy atom. The molecule has 2 aromatic rings. The second-order valence-electron chi connectivity index (χ2n) is 6.34. The number of carbonyl (C=O) groups excluding carboxylic acids is 1. The van der Waals surface area contributed by atoms with E-state index in [1.54, 1.807) is 19.4 Å². The molecule has 2 aliphatic rings. The molecule has 0 saturated carbocycles. The molecule has 1 unspecified atom stereocenters. The van der Waals surface area contributed by atoms with Crippen LogP contribution in [0.5, 0.6) is 5.88 Å². The Morgan fingerprint density at radius 1 is 1.17 bits per heavy atom. The summed E-state index contributed by atoms with van der Waals surface area (Å²) in [5.74, 6) is 1.22. The molecule has 1 aromatic heterocycles. The van der Waals surface area contributed by atoms with Crippen molar-refractivity contribution in [2.75, 3.05) is 19.0 Å². The highest BCUT2D eigenvalue weighted by Gasteiger charge is 2.37. The number of benzene rings is 1. The van der Waals surface area contributed by atoms with E-state index >= 15 is 0 Å². The Bertz CT molecular complexity index is 739. The van der Waals surface area contributed by atoms with Gasteiger partial charge in [-0.25, -0.2) is 4.98 Å². The van der Waals surface area contributed by atoms with E-state index in [4.69, 9.17) is 4.74 Å². The third-order valence-corrected chi connectivity index (χ3v) is 4.80. The van der Waals surface area contributed by atoms with Crippen LogP contribution in [0.25, 0.3) is 0 Å². The molecule has 0 bridgehead atoms. The quantitative estimate of drug-likeness (QED) is 0.926. The van der Waals surface area contributed by atoms with E-state index < -0.39 is 0 Å². The number of amides is 1. The van der Waals surface area contributed by atoms with Crippen molar-refractivity contribution in [2.24, 2.45) is 0 Å². The van der Waals surface area contributed by atoms with Gasteiger partial charge >= 0.3 is 0 Å². The summed E-state index contributed by atoms with van der Waals surface area (Å²) in [6.07, 6.45) is 4.03. The molecule has 1 aliphatic carbocycles. The summed E-state index contributed by atoms with van der Waals surface area (Å²) in [7, 11) is 1.57. The first-order chi connectivity index (χ1) is 11.7. The van der Waals surface area contributed by atoms with Crippen molar-refractivity contribution in [1.82, 2.24) is 14.9 Å². The smallest absolute Gasteiger partial charge is 0.226 e. The largest absolute Gasteiger partial charge is 0.481 e. The van der Waals surface area contributed by atoms with Crippen LogP contribution in [0.2, 0.25) is 0 Å². The zero-order valence-corrected chi connectivity index (χ0v) is 13.6. The van der Waals surface area contributed by atoms with Gasteiger partial charge in [0, 0.05) is 31.3 Å². The third-order valence-electron chi connectivity index (χ3n) is 4.80. The van der Waals surface area contributed by atoms with Crippen molar-refractivity contribution < 1.29 is 9.53 Å². The normalized spacial score (nSPS) is 20.3. The topological polar surface area (TPSA) is 67.3 Å². The molecule has 4 rings (SSSR count). The highest BCUT2D eigenvalue weighted by atomic mass is 16.5. The molecule has 1 atom stereocenters. The van der Waals surface area contributed by atoms with Crippen molar-refractivity contribution in [2.45, 2.75) is 31.3 Å². The highest BCUT2D eigenvalue weighted by Crippen LogP contribution is 2.28. The molecule has 1 saturated heterocycles. The van der Waals surface area contributed by atoms with Gasteiger partial charge in [-0.05, 0) is 24.0 Å². The Morgan fingerprint density at radius 3 is 2.62 bits per heavy atom. The molecule has 1 amide bonds. The van der Waals surface area contributed by atoms with E-state index in [1.807, 2.05) is 4.90 Å². The molecule has 24 heavy (non-hydrogen) atoms. The van der Waals surface area contributed by atoms with Gasteiger partial charge in [-0.3, -0.25) is 4.79 Å². The molecule has 1 N–H and O–H groups in total. The fraction of sp³-hybridized carbons (Fsp3) is 0.389. The lowest BCUT2D eigenvalue weighted by Gasteiger charge is -2.24. The number of likely N-dealkylation sites (tertiary alicyclic amines) is 1. The minimum absolute atomic E-state index is 0.0355. The summed E-state index contributed by atoms with van der Waals surface area (Å²) in [4.78, 5) is 22.9. The molecule has 6 heteroatoms. The van der Waals surface area contributed by atoms with Gasteiger partial charge in [0.2, 0.25) is 17.7 Å². The molecule has 0 radical (unpaired) electrons. The van der Waals surface area contributed by atoms with Crippen LogP contribution in [0.1, 0.15) is 17.5 Å². The Balaban J connectivity index is 1.42. The van der Waals surface area contributed by atoms with Crippen LogP contribution in [0.15, 0.2) is 36.5 Å². The molecule has 1 fully saturated rings. The first-order valence-electron chi connectivity index (χ1n) is 8.23. The fourth-order valence-electron chi connectivity index (χ4n) is 3.65. The van der Waals surface area contributed by atoms with Crippen LogP contribution in [-0.2, 0) is 17.6 Å². The van der Waals surface area contributed by atoms with E-state index in [9.17, 15) is 4.79 Å². The van der Waals surface area contributed by atoms with Gasteiger partial charge in [-0.1, -0.05) is 24.3 Å². The zero-order valence-electron chi connectivity index (χ0n) is 13.6. The number of aromatic nitrogens is 2. The average Bonchev–Trinajstić information content (AvgIpc) is 3.18. The van der Waals surface area contributed by atoms with Crippen molar-refractivity contribution in [3.8, 4) is 5.88 Å². The van der Waals surface area contributed by atoms with Gasteiger partial charge in [0.05, 0.1) is 13.2 Å². The highest BCUT2D eigenvalue weighted by molar-refractivity contribution is 5.80. The van der Waals surface area contributed by atoms with E-state index in [1.165, 1.54) is 11.1 Å². The molecule has 0 spiro atoms. The number of methoxy groups -OCH3 is 1. The van der Waals surface area contributed by atoms with E-state index in [0.717, 1.165) is 12.8 Å². The van der Waals surface area contributed by atoms with Gasteiger partial charge in [0.15, 0.2) is 0 Å². The van der Waals surface area contributed by atoms with Crippen LogP contribution in [0.4, 0.5) is 5.95 Å². The third kappa shape index (κ3) is 2.79. The van der Waals surface area contributed by atoms with Crippen LogP contribution < -0.4 is 10.1 Å². The van der Waals surface area contributed by atoms with Gasteiger partial charge < -0.3 is 15.0 Å². The summed E-state index contributed by atoms with van der Waals surface area (Å²) in [5.41, 5.74) is 2.73. The van der Waals surface area contributed by atoms with Gasteiger partial charge in [-0.2, -0.15) is 4.98 Å². The van der Waals surface area contributed by atoms with Crippen molar-refractivity contribution in [3.05, 3.63) is 47.7 Å². The molecular weight excluding hydrogens is 304 g/mol. The molecular formula is C18H20N4O2. The minimum atomic E-state index is 0.0355. The van der Waals surface area contributed by atoms with Crippen LogP contribution >= 0.6 is 0 Å². The number of rotatable bonds is 4. The minimum Gasteiger partial charge on any atom is -0.481 e. The number of nitrogens with zero attached hydrogens (tertiary/aromatic N) is 3. The van der Waals surface area contributed by atoms with Crippen molar-refractivity contribution >= 4 is 11.9 Å². The summed E-state index contributed by atoms with van der Waals surface area (Å²) in [6, 6.07) is 10.5. The van der Waals surface area contributed by atoms with E-state index in [0.29, 0.717) is 24.8 Å². The number of fused-ring (bicyclic) bond motifs is 1. The van der Waals surface area contributed by atoms with E-state index in [2.05, 4.69) is 39.6 Å². The predicted octanol–water partition coefficient (Wildman–Crippen LogP) is 1.67. The van der Waals surface area contributed by atoms with Crippen LogP contribution in [0, 0.1) is 0 Å².